The van der Waals surface area contributed by atoms with Gasteiger partial charge in [0.25, 0.3) is 0 Å². The van der Waals surface area contributed by atoms with Crippen LogP contribution in [0.4, 0.5) is 11.4 Å². The number of rotatable bonds is 4. The highest BCUT2D eigenvalue weighted by molar-refractivity contribution is 5.97. The lowest BCUT2D eigenvalue weighted by Gasteiger charge is -2.37. The molecule has 0 aliphatic carbocycles. The van der Waals surface area contributed by atoms with Gasteiger partial charge in [0.05, 0.1) is 19.3 Å². The van der Waals surface area contributed by atoms with Gasteiger partial charge in [0.1, 0.15) is 5.75 Å². The number of piperazine rings is 1. The Morgan fingerprint density at radius 3 is 2.54 bits per heavy atom. The molecule has 3 rings (SSSR count). The number of nitrogens with zero attached hydrogens (tertiary/aromatic N) is 3. The maximum absolute atomic E-state index is 12.8. The van der Waals surface area contributed by atoms with E-state index in [9.17, 15) is 4.79 Å². The second kappa shape index (κ2) is 6.99. The number of amides is 1. The van der Waals surface area contributed by atoms with E-state index >= 15 is 0 Å². The van der Waals surface area contributed by atoms with E-state index in [0.29, 0.717) is 24.0 Å². The molecule has 0 aromatic heterocycles. The van der Waals surface area contributed by atoms with E-state index in [1.54, 1.807) is 7.11 Å². The molecule has 6 nitrogen and oxygen atoms in total. The molecule has 0 unspecified atom stereocenters. The van der Waals surface area contributed by atoms with Crippen LogP contribution in [0, 0.1) is 0 Å². The molecule has 0 atom stereocenters. The van der Waals surface area contributed by atoms with Gasteiger partial charge in [-0.3, -0.25) is 14.6 Å². The van der Waals surface area contributed by atoms with Gasteiger partial charge in [-0.15, -0.1) is 0 Å². The van der Waals surface area contributed by atoms with Crippen molar-refractivity contribution in [1.29, 1.82) is 0 Å². The third-order valence-corrected chi connectivity index (χ3v) is 5.12. The van der Waals surface area contributed by atoms with Gasteiger partial charge in [-0.1, -0.05) is 0 Å². The molecular weight excluding hydrogens is 304 g/mol. The summed E-state index contributed by atoms with van der Waals surface area (Å²) in [4.78, 5) is 19.3. The van der Waals surface area contributed by atoms with Crippen molar-refractivity contribution in [3.05, 3.63) is 17.7 Å². The van der Waals surface area contributed by atoms with Gasteiger partial charge in [0.15, 0.2) is 0 Å². The molecule has 1 aromatic rings. The average molecular weight is 332 g/mol. The van der Waals surface area contributed by atoms with Crippen LogP contribution in [-0.4, -0.2) is 68.1 Å². The smallest absolute Gasteiger partial charge is 0.241 e. The van der Waals surface area contributed by atoms with Crippen LogP contribution in [0.2, 0.25) is 0 Å². The largest absolute Gasteiger partial charge is 0.495 e. The summed E-state index contributed by atoms with van der Waals surface area (Å²) >= 11 is 0. The first kappa shape index (κ1) is 17.0. The highest BCUT2D eigenvalue weighted by Gasteiger charge is 2.28. The Bertz CT molecular complexity index is 609. The molecule has 2 aliphatic heterocycles. The van der Waals surface area contributed by atoms with Crippen LogP contribution < -0.4 is 15.4 Å². The molecular formula is C18H28N4O2. The Labute approximate surface area is 144 Å². The van der Waals surface area contributed by atoms with Gasteiger partial charge in [0.2, 0.25) is 5.91 Å². The number of carbonyl (C=O) groups is 1. The van der Waals surface area contributed by atoms with Crippen molar-refractivity contribution in [2.45, 2.75) is 26.3 Å². The van der Waals surface area contributed by atoms with Gasteiger partial charge in [0, 0.05) is 44.5 Å². The fraction of sp³-hybridized carbons (Fsp3) is 0.611. The summed E-state index contributed by atoms with van der Waals surface area (Å²) in [5.41, 5.74) is 8.68. The van der Waals surface area contributed by atoms with Crippen molar-refractivity contribution in [1.82, 2.24) is 9.80 Å². The maximum atomic E-state index is 12.8. The minimum absolute atomic E-state index is 0.163. The summed E-state index contributed by atoms with van der Waals surface area (Å²) in [5.74, 6) is 0.851. The number of ether oxygens (including phenoxy) is 1. The Hall–Kier alpha value is -1.79. The molecule has 2 N–H and O–H groups in total. The predicted octanol–water partition coefficient (Wildman–Crippen LogP) is 1.19. The van der Waals surface area contributed by atoms with Crippen molar-refractivity contribution in [3.63, 3.8) is 0 Å². The maximum Gasteiger partial charge on any atom is 0.241 e. The van der Waals surface area contributed by atoms with Gasteiger partial charge in [-0.25, -0.2) is 0 Å². The van der Waals surface area contributed by atoms with Crippen molar-refractivity contribution in [2.75, 3.05) is 57.0 Å². The first-order valence-electron chi connectivity index (χ1n) is 8.72. The van der Waals surface area contributed by atoms with Crippen LogP contribution in [0.1, 0.15) is 19.4 Å². The molecule has 0 saturated carbocycles. The zero-order valence-electron chi connectivity index (χ0n) is 14.9. The second-order valence-electron chi connectivity index (χ2n) is 6.92. The molecule has 2 heterocycles. The number of nitrogen functional groups attached to an aromatic ring is 1. The van der Waals surface area contributed by atoms with Gasteiger partial charge >= 0.3 is 0 Å². The van der Waals surface area contributed by atoms with Crippen LogP contribution >= 0.6 is 0 Å². The number of fused-ring (bicyclic) bond motifs is 1. The lowest BCUT2D eigenvalue weighted by Crippen LogP contribution is -2.51. The highest BCUT2D eigenvalue weighted by Crippen LogP contribution is 2.35. The van der Waals surface area contributed by atoms with E-state index in [2.05, 4.69) is 23.6 Å². The molecule has 1 fully saturated rings. The molecule has 1 saturated heterocycles. The van der Waals surface area contributed by atoms with Gasteiger partial charge in [-0.05, 0) is 38.0 Å². The Morgan fingerprint density at radius 1 is 1.21 bits per heavy atom. The molecule has 24 heavy (non-hydrogen) atoms. The van der Waals surface area contributed by atoms with E-state index in [4.69, 9.17) is 10.5 Å². The van der Waals surface area contributed by atoms with Crippen molar-refractivity contribution >= 4 is 17.3 Å². The topological polar surface area (TPSA) is 62.0 Å². The Kier molecular flexibility index (Phi) is 4.96. The van der Waals surface area contributed by atoms with E-state index in [1.165, 1.54) is 0 Å². The molecule has 0 bridgehead atoms. The van der Waals surface area contributed by atoms with Crippen molar-refractivity contribution < 1.29 is 9.53 Å². The van der Waals surface area contributed by atoms with E-state index in [1.807, 2.05) is 17.0 Å². The lowest BCUT2D eigenvalue weighted by atomic mass is 10.1. The summed E-state index contributed by atoms with van der Waals surface area (Å²) in [6.45, 7) is 9.63. The number of methoxy groups -OCH3 is 1. The summed E-state index contributed by atoms with van der Waals surface area (Å²) in [6, 6.07) is 4.40. The quantitative estimate of drug-likeness (QED) is 0.839. The minimum Gasteiger partial charge on any atom is -0.495 e. The summed E-state index contributed by atoms with van der Waals surface area (Å²) < 4.78 is 5.28. The molecule has 1 aromatic carbocycles. The number of benzene rings is 1. The van der Waals surface area contributed by atoms with Crippen LogP contribution in [-0.2, 0) is 11.2 Å². The van der Waals surface area contributed by atoms with Crippen molar-refractivity contribution in [2.24, 2.45) is 0 Å². The van der Waals surface area contributed by atoms with Gasteiger partial charge in [-0.2, -0.15) is 0 Å². The summed E-state index contributed by atoms with van der Waals surface area (Å²) in [6.07, 6.45) is 0.860. The first-order chi connectivity index (χ1) is 11.5. The fourth-order valence-electron chi connectivity index (χ4n) is 3.58. The van der Waals surface area contributed by atoms with Gasteiger partial charge < -0.3 is 15.4 Å². The normalized spacial score (nSPS) is 18.9. The Balaban J connectivity index is 1.63. The highest BCUT2D eigenvalue weighted by atomic mass is 16.5. The zero-order chi connectivity index (χ0) is 17.3. The zero-order valence-corrected chi connectivity index (χ0v) is 14.9. The van der Waals surface area contributed by atoms with E-state index in [-0.39, 0.29) is 5.91 Å². The Morgan fingerprint density at radius 2 is 1.92 bits per heavy atom. The monoisotopic (exact) mass is 332 g/mol. The second-order valence-corrected chi connectivity index (χ2v) is 6.92. The van der Waals surface area contributed by atoms with Crippen LogP contribution in [0.3, 0.4) is 0 Å². The third-order valence-electron chi connectivity index (χ3n) is 5.12. The van der Waals surface area contributed by atoms with Crippen LogP contribution in [0.25, 0.3) is 0 Å². The third kappa shape index (κ3) is 3.35. The molecule has 132 valence electrons. The van der Waals surface area contributed by atoms with E-state index in [0.717, 1.165) is 50.4 Å². The fourth-order valence-corrected chi connectivity index (χ4v) is 3.58. The minimum atomic E-state index is 0.163. The van der Waals surface area contributed by atoms with Crippen LogP contribution in [0.15, 0.2) is 12.1 Å². The number of anilines is 2. The molecule has 6 heteroatoms. The summed E-state index contributed by atoms with van der Waals surface area (Å²) in [5, 5.41) is 0. The first-order valence-corrected chi connectivity index (χ1v) is 8.72. The van der Waals surface area contributed by atoms with Crippen LogP contribution in [0.5, 0.6) is 5.75 Å². The molecule has 0 spiro atoms. The summed E-state index contributed by atoms with van der Waals surface area (Å²) in [7, 11) is 1.62. The number of hydrogen-bond donors (Lipinski definition) is 1. The molecule has 1 amide bonds. The molecule has 0 radical (unpaired) electrons. The standard InChI is InChI=1S/C18H28N4O2/c1-13(2)21-8-6-20(7-9-21)12-18(23)22-5-4-14-10-17(24-3)15(19)11-16(14)22/h10-11,13H,4-9,12,19H2,1-3H3. The van der Waals surface area contributed by atoms with E-state index < -0.39 is 0 Å². The number of carbonyl (C=O) groups excluding carboxylic acids is 1. The SMILES string of the molecule is COc1cc2c(cc1N)N(C(=O)CN1CCN(C(C)C)CC1)CC2. The molecule has 2 aliphatic rings. The number of hydrogen-bond acceptors (Lipinski definition) is 5. The lowest BCUT2D eigenvalue weighted by molar-refractivity contribution is -0.120. The number of nitrogens with two attached hydrogens (primary N) is 1. The van der Waals surface area contributed by atoms with Crippen molar-refractivity contribution in [3.8, 4) is 5.75 Å². The average Bonchev–Trinajstić information content (AvgIpc) is 2.97. The predicted molar refractivity (Wildman–Crippen MR) is 96.6 cm³/mol.